The number of fused-ring (bicyclic) bond motifs is 9. The average molecular weight is 959 g/mol. The molecule has 0 saturated carbocycles. The summed E-state index contributed by atoms with van der Waals surface area (Å²) in [4.78, 5) is 15.5. The lowest BCUT2D eigenvalue weighted by Crippen LogP contribution is -2.00. The summed E-state index contributed by atoms with van der Waals surface area (Å²) in [6.45, 7) is 0. The Morgan fingerprint density at radius 3 is 1.47 bits per heavy atom. The molecular weight excluding hydrogens is 917 g/mol. The van der Waals surface area contributed by atoms with Crippen molar-refractivity contribution in [1.82, 2.24) is 19.5 Å². The molecule has 15 rings (SSSR count). The molecule has 0 amide bonds. The minimum Gasteiger partial charge on any atom is -0.456 e. The standard InChI is InChI=1S/C69H42N4O2/c1-4-15-43(16-5-1)49-31-35-62-58(40-49)55-33-29-52(42-65(55)75-62)68-70-67(44-17-6-2-7-18-44)71-69(72-68)56-26-14-28-64-66(56)59-41-51(32-36-63(59)74-64)48-22-13-20-46(38-48)45-19-12-21-47(37-45)50-30-34-61-57(39-50)54-25-10-11-27-60(54)73(61)53-23-8-3-9-24-53/h1-42H. The van der Waals surface area contributed by atoms with E-state index in [1.807, 2.05) is 54.6 Å². The normalized spacial score (nSPS) is 11.7. The van der Waals surface area contributed by atoms with Crippen LogP contribution in [0.1, 0.15) is 0 Å². The minimum absolute atomic E-state index is 0.550. The Morgan fingerprint density at radius 2 is 0.747 bits per heavy atom. The Labute approximate surface area is 431 Å². The Morgan fingerprint density at radius 1 is 0.253 bits per heavy atom. The lowest BCUT2D eigenvalue weighted by molar-refractivity contribution is 0.668. The van der Waals surface area contributed by atoms with E-state index in [0.717, 1.165) is 99.6 Å². The van der Waals surface area contributed by atoms with Gasteiger partial charge in [-0.25, -0.2) is 15.0 Å². The van der Waals surface area contributed by atoms with Gasteiger partial charge in [0.15, 0.2) is 17.5 Å². The van der Waals surface area contributed by atoms with Crippen LogP contribution in [0.3, 0.4) is 0 Å². The number of benzene rings is 11. The summed E-state index contributed by atoms with van der Waals surface area (Å²) in [5.74, 6) is 1.68. The summed E-state index contributed by atoms with van der Waals surface area (Å²) in [7, 11) is 0. The summed E-state index contributed by atoms with van der Waals surface area (Å²) in [6.07, 6.45) is 0. The van der Waals surface area contributed by atoms with E-state index in [9.17, 15) is 0 Å². The van der Waals surface area contributed by atoms with Gasteiger partial charge in [-0.2, -0.15) is 0 Å². The Balaban J connectivity index is 0.801. The molecule has 11 aromatic carbocycles. The van der Waals surface area contributed by atoms with E-state index < -0.39 is 0 Å². The van der Waals surface area contributed by atoms with Gasteiger partial charge in [-0.15, -0.1) is 0 Å². The summed E-state index contributed by atoms with van der Waals surface area (Å²) in [6, 6.07) is 89.5. The van der Waals surface area contributed by atoms with Crippen molar-refractivity contribution in [3.63, 3.8) is 0 Å². The molecule has 0 bridgehead atoms. The second-order valence-electron chi connectivity index (χ2n) is 19.1. The van der Waals surface area contributed by atoms with Gasteiger partial charge in [-0.05, 0) is 129 Å². The zero-order chi connectivity index (χ0) is 49.4. The highest BCUT2D eigenvalue weighted by atomic mass is 16.3. The van der Waals surface area contributed by atoms with Crippen molar-refractivity contribution >= 4 is 65.7 Å². The third kappa shape index (κ3) is 7.30. The third-order valence-electron chi connectivity index (χ3n) is 14.7. The smallest absolute Gasteiger partial charge is 0.164 e. The Bertz CT molecular complexity index is 4710. The molecule has 4 aromatic heterocycles. The molecule has 75 heavy (non-hydrogen) atoms. The van der Waals surface area contributed by atoms with E-state index in [1.54, 1.807) is 0 Å². The fraction of sp³-hybridized carbons (Fsp3) is 0. The molecule has 6 nitrogen and oxygen atoms in total. The predicted octanol–water partition coefficient (Wildman–Crippen LogP) is 18.4. The van der Waals surface area contributed by atoms with Crippen molar-refractivity contribution in [1.29, 1.82) is 0 Å². The number of hydrogen-bond acceptors (Lipinski definition) is 5. The lowest BCUT2D eigenvalue weighted by Gasteiger charge is -2.10. The zero-order valence-electron chi connectivity index (χ0n) is 40.4. The molecule has 0 aliphatic carbocycles. The highest BCUT2D eigenvalue weighted by Crippen LogP contribution is 2.41. The first-order chi connectivity index (χ1) is 37.1. The summed E-state index contributed by atoms with van der Waals surface area (Å²) >= 11 is 0. The fourth-order valence-corrected chi connectivity index (χ4v) is 11.0. The molecule has 0 spiro atoms. The van der Waals surface area contributed by atoms with Crippen LogP contribution in [0.15, 0.2) is 264 Å². The number of para-hydroxylation sites is 2. The Kier molecular flexibility index (Phi) is 9.78. The molecule has 0 radical (unpaired) electrons. The van der Waals surface area contributed by atoms with Gasteiger partial charge < -0.3 is 13.4 Å². The van der Waals surface area contributed by atoms with E-state index in [-0.39, 0.29) is 0 Å². The average Bonchev–Trinajstić information content (AvgIpc) is 4.20. The second-order valence-corrected chi connectivity index (χ2v) is 19.1. The van der Waals surface area contributed by atoms with Crippen molar-refractivity contribution < 1.29 is 8.83 Å². The maximum atomic E-state index is 6.59. The quantitative estimate of drug-likeness (QED) is 0.152. The molecule has 0 N–H and O–H groups in total. The van der Waals surface area contributed by atoms with E-state index in [0.29, 0.717) is 17.5 Å². The van der Waals surface area contributed by atoms with Crippen molar-refractivity contribution in [2.45, 2.75) is 0 Å². The van der Waals surface area contributed by atoms with E-state index in [4.69, 9.17) is 23.8 Å². The van der Waals surface area contributed by atoms with Gasteiger partial charge in [0.05, 0.1) is 11.0 Å². The van der Waals surface area contributed by atoms with Gasteiger partial charge in [0.2, 0.25) is 0 Å². The molecule has 0 atom stereocenters. The molecule has 0 fully saturated rings. The van der Waals surface area contributed by atoms with Crippen molar-refractivity contribution in [2.24, 2.45) is 0 Å². The highest BCUT2D eigenvalue weighted by molar-refractivity contribution is 6.13. The molecule has 0 aliphatic rings. The topological polar surface area (TPSA) is 69.9 Å². The summed E-state index contributed by atoms with van der Waals surface area (Å²) in [5, 5.41) is 6.49. The SMILES string of the molecule is c1ccc(-c2ccc3oc4cc(-c5nc(-c6ccccc6)nc(-c6cccc7oc8ccc(-c9cccc(-c%10cccc(-c%11ccc%12c(c%11)c%11ccccc%11n%12-c%11ccccc%11)c%10)c9)cc8c67)n5)ccc4c3c2)cc1. The van der Waals surface area contributed by atoms with Crippen LogP contribution in [0.5, 0.6) is 0 Å². The second kappa shape index (κ2) is 17.3. The van der Waals surface area contributed by atoms with E-state index in [1.165, 1.54) is 32.9 Å². The molecular formula is C69H42N4O2. The van der Waals surface area contributed by atoms with Gasteiger partial charge in [-0.3, -0.25) is 0 Å². The van der Waals surface area contributed by atoms with Crippen molar-refractivity contribution in [3.8, 4) is 84.4 Å². The molecule has 4 heterocycles. The van der Waals surface area contributed by atoms with Gasteiger partial charge >= 0.3 is 0 Å². The van der Waals surface area contributed by atoms with Crippen LogP contribution in [0.25, 0.3) is 150 Å². The van der Waals surface area contributed by atoms with Crippen molar-refractivity contribution in [2.75, 3.05) is 0 Å². The van der Waals surface area contributed by atoms with Gasteiger partial charge in [-0.1, -0.05) is 170 Å². The monoisotopic (exact) mass is 958 g/mol. The molecule has 0 saturated heterocycles. The van der Waals surface area contributed by atoms with Gasteiger partial charge in [0.25, 0.3) is 0 Å². The summed E-state index contributed by atoms with van der Waals surface area (Å²) in [5.41, 5.74) is 18.4. The third-order valence-corrected chi connectivity index (χ3v) is 14.7. The van der Waals surface area contributed by atoms with Gasteiger partial charge in [0, 0.05) is 54.7 Å². The molecule has 350 valence electrons. The first kappa shape index (κ1) is 42.5. The minimum atomic E-state index is 0.550. The highest BCUT2D eigenvalue weighted by Gasteiger charge is 2.20. The van der Waals surface area contributed by atoms with Crippen LogP contribution >= 0.6 is 0 Å². The predicted molar refractivity (Wildman–Crippen MR) is 307 cm³/mol. The molecule has 15 aromatic rings. The first-order valence-electron chi connectivity index (χ1n) is 25.2. The number of aromatic nitrogens is 4. The van der Waals surface area contributed by atoms with Crippen LogP contribution in [0.4, 0.5) is 0 Å². The first-order valence-corrected chi connectivity index (χ1v) is 25.2. The van der Waals surface area contributed by atoms with Crippen LogP contribution < -0.4 is 0 Å². The van der Waals surface area contributed by atoms with Gasteiger partial charge in [0.1, 0.15) is 22.3 Å². The van der Waals surface area contributed by atoms with Crippen LogP contribution in [-0.2, 0) is 0 Å². The zero-order valence-corrected chi connectivity index (χ0v) is 40.4. The van der Waals surface area contributed by atoms with E-state index in [2.05, 4.69) is 205 Å². The summed E-state index contributed by atoms with van der Waals surface area (Å²) < 4.78 is 15.4. The lowest BCUT2D eigenvalue weighted by atomic mass is 9.95. The maximum absolute atomic E-state index is 6.59. The maximum Gasteiger partial charge on any atom is 0.164 e. The van der Waals surface area contributed by atoms with E-state index >= 15 is 0 Å². The fourth-order valence-electron chi connectivity index (χ4n) is 11.0. The van der Waals surface area contributed by atoms with Crippen LogP contribution in [0, 0.1) is 0 Å². The van der Waals surface area contributed by atoms with Crippen LogP contribution in [-0.4, -0.2) is 19.5 Å². The largest absolute Gasteiger partial charge is 0.456 e. The molecule has 6 heteroatoms. The molecule has 0 aliphatic heterocycles. The number of furan rings is 2. The number of rotatable bonds is 8. The number of nitrogens with zero attached hydrogens (tertiary/aromatic N) is 4. The number of hydrogen-bond donors (Lipinski definition) is 0. The Hall–Kier alpha value is -10.2. The molecule has 0 unspecified atom stereocenters. The van der Waals surface area contributed by atoms with Crippen molar-refractivity contribution in [3.05, 3.63) is 255 Å². The van der Waals surface area contributed by atoms with Crippen LogP contribution in [0.2, 0.25) is 0 Å².